The highest BCUT2D eigenvalue weighted by Gasteiger charge is 2.26. The average molecular weight is 1400 g/mol. The van der Waals surface area contributed by atoms with E-state index in [1.54, 1.807) is 0 Å². The number of fused-ring (bicyclic) bond motifs is 10. The molecule has 22 rings (SSSR count). The lowest BCUT2D eigenvalue weighted by molar-refractivity contribution is 0.978. The number of benzene rings is 16. The van der Waals surface area contributed by atoms with E-state index in [-0.39, 0.29) is 0 Å². The zero-order chi connectivity index (χ0) is 72.6. The molecular weight excluding hydrogens is 1320 g/mol. The van der Waals surface area contributed by atoms with Crippen LogP contribution in [0.3, 0.4) is 0 Å². The summed E-state index contributed by atoms with van der Waals surface area (Å²) in [7, 11) is 0. The van der Waals surface area contributed by atoms with Crippen molar-refractivity contribution >= 4 is 88.7 Å². The van der Waals surface area contributed by atoms with Crippen molar-refractivity contribution in [1.29, 1.82) is 0 Å². The third-order valence-corrected chi connectivity index (χ3v) is 24.6. The van der Waals surface area contributed by atoms with Crippen LogP contribution in [-0.4, -0.2) is 0 Å². The van der Waals surface area contributed by atoms with Crippen molar-refractivity contribution in [1.82, 2.24) is 0 Å². The maximum atomic E-state index is 2.48. The molecule has 0 amide bonds. The molecule has 0 fully saturated rings. The van der Waals surface area contributed by atoms with Gasteiger partial charge in [0.15, 0.2) is 0 Å². The van der Waals surface area contributed by atoms with Gasteiger partial charge in [0.05, 0.1) is 0 Å². The topological polar surface area (TPSA) is 0 Å². The summed E-state index contributed by atoms with van der Waals surface area (Å²) in [5.74, 6) is 0. The molecule has 0 aromatic heterocycles. The summed E-state index contributed by atoms with van der Waals surface area (Å²) in [6.45, 7) is 0. The standard InChI is InChI=1S/2C55H40/c1-2-14-43-34-45(33-42(43)13-1)44-31-32-52-53(35-44)55(41-29-25-39(26-30-41)49-22-10-16-37-12-4-6-18-47(37)49)51-20-8-7-19-50(51)54(52)40-27-23-38(24-28-40)48-21-9-15-36-11-3-5-17-46(36)48;1-2-13-43-34-44(29-22-36(43)10-1)37-20-25-41(26-21-37)54-50-17-7-8-18-51(50)55(42-27-23-40(24-28-42)48-19-9-14-38-11-3-5-15-46(38)48)53-35-45(31-33-52(53)54)49-32-30-39-12-4-6-16-47(39)49/h1-8,11-14,17-33,35H,9-10,15-16,34H2;1-8,10-13,15-21,23-28,31-35H,9,14,22,29-30H2. The number of hydrogen-bond donors (Lipinski definition) is 0. The minimum Gasteiger partial charge on any atom is -0.0757 e. The summed E-state index contributed by atoms with van der Waals surface area (Å²) in [6.07, 6.45) is 25.1. The van der Waals surface area contributed by atoms with Crippen molar-refractivity contribution in [2.45, 2.75) is 64.2 Å². The molecule has 0 aliphatic heterocycles. The first-order valence-electron chi connectivity index (χ1n) is 39.7. The van der Waals surface area contributed by atoms with E-state index in [0.717, 1.165) is 64.2 Å². The van der Waals surface area contributed by atoms with Crippen LogP contribution in [0, 0.1) is 0 Å². The van der Waals surface area contributed by atoms with E-state index in [1.165, 1.54) is 221 Å². The van der Waals surface area contributed by atoms with Crippen molar-refractivity contribution in [2.75, 3.05) is 0 Å². The van der Waals surface area contributed by atoms with Gasteiger partial charge in [-0.1, -0.05) is 352 Å². The summed E-state index contributed by atoms with van der Waals surface area (Å²) in [5.41, 5.74) is 42.9. The number of hydrogen-bond acceptors (Lipinski definition) is 0. The van der Waals surface area contributed by atoms with Crippen LogP contribution < -0.4 is 0 Å². The molecule has 0 bridgehead atoms. The van der Waals surface area contributed by atoms with Gasteiger partial charge in [-0.2, -0.15) is 0 Å². The van der Waals surface area contributed by atoms with Gasteiger partial charge in [0, 0.05) is 0 Å². The van der Waals surface area contributed by atoms with Gasteiger partial charge in [0.1, 0.15) is 0 Å². The van der Waals surface area contributed by atoms with E-state index < -0.39 is 0 Å². The number of rotatable bonds is 10. The SMILES string of the molecule is C1=C(c2ccc(-c3c4ccccc4c(-c4ccc(C5=CCCc6ccccc65)cc4)c4cc(C5=CCc6ccccc65)ccc34)cc2)CCc2ccccc21.C1=C(c2ccc3c(-c4ccc(C5=CCCc6ccccc65)cc4)c4ccccc4c(-c4ccc(C5=CCCc6ccccc65)cc4)c3c2)Cc2ccccc21. The molecule has 0 radical (unpaired) electrons. The molecule has 6 aliphatic rings. The zero-order valence-electron chi connectivity index (χ0n) is 61.7. The highest BCUT2D eigenvalue weighted by Crippen LogP contribution is 2.50. The van der Waals surface area contributed by atoms with E-state index >= 15 is 0 Å². The fraction of sp³-hybridized carbons (Fsp3) is 0.0909. The fourth-order valence-corrected chi connectivity index (χ4v) is 19.2. The van der Waals surface area contributed by atoms with Gasteiger partial charge in [0.2, 0.25) is 0 Å². The van der Waals surface area contributed by atoms with E-state index in [9.17, 15) is 0 Å². The molecule has 0 nitrogen and oxygen atoms in total. The predicted octanol–water partition coefficient (Wildman–Crippen LogP) is 28.4. The van der Waals surface area contributed by atoms with Crippen LogP contribution in [0.5, 0.6) is 0 Å². The molecule has 0 N–H and O–H groups in total. The molecule has 0 spiro atoms. The van der Waals surface area contributed by atoms with Crippen LogP contribution in [0.1, 0.15) is 126 Å². The predicted molar refractivity (Wildman–Crippen MR) is 468 cm³/mol. The Bertz CT molecular complexity index is 6630. The van der Waals surface area contributed by atoms with Gasteiger partial charge in [-0.15, -0.1) is 0 Å². The Morgan fingerprint density at radius 1 is 0.182 bits per heavy atom. The monoisotopic (exact) mass is 1400 g/mol. The molecule has 16 aromatic rings. The normalized spacial score (nSPS) is 14.5. The Morgan fingerprint density at radius 3 is 0.945 bits per heavy atom. The maximum absolute atomic E-state index is 2.48. The zero-order valence-corrected chi connectivity index (χ0v) is 61.7. The van der Waals surface area contributed by atoms with Crippen LogP contribution in [0.4, 0.5) is 0 Å². The summed E-state index contributed by atoms with van der Waals surface area (Å²) >= 11 is 0. The van der Waals surface area contributed by atoms with Gasteiger partial charge in [-0.25, -0.2) is 0 Å². The maximum Gasteiger partial charge on any atom is -0.00137 e. The van der Waals surface area contributed by atoms with Gasteiger partial charge < -0.3 is 0 Å². The molecule has 16 aromatic carbocycles. The third kappa shape index (κ3) is 11.6. The summed E-state index contributed by atoms with van der Waals surface area (Å²) in [6, 6.07) is 123. The lowest BCUT2D eigenvalue weighted by Crippen LogP contribution is -2.00. The number of allylic oxidation sites excluding steroid dienone is 6. The molecule has 0 saturated carbocycles. The van der Waals surface area contributed by atoms with E-state index in [2.05, 4.69) is 364 Å². The smallest absolute Gasteiger partial charge is 0.00137 e. The minimum absolute atomic E-state index is 0.961. The van der Waals surface area contributed by atoms with Crippen LogP contribution in [0.2, 0.25) is 0 Å². The third-order valence-electron chi connectivity index (χ3n) is 24.6. The van der Waals surface area contributed by atoms with Crippen molar-refractivity contribution in [3.8, 4) is 44.5 Å². The fourth-order valence-electron chi connectivity index (χ4n) is 19.2. The molecular formula is C110H80. The van der Waals surface area contributed by atoms with Crippen LogP contribution in [-0.2, 0) is 38.5 Å². The van der Waals surface area contributed by atoms with Crippen LogP contribution in [0.25, 0.3) is 133 Å². The Hall–Kier alpha value is -13.0. The lowest BCUT2D eigenvalue weighted by Gasteiger charge is -2.21. The van der Waals surface area contributed by atoms with Gasteiger partial charge in [0.25, 0.3) is 0 Å². The lowest BCUT2D eigenvalue weighted by atomic mass is 9.83. The second-order valence-corrected chi connectivity index (χ2v) is 30.8. The van der Waals surface area contributed by atoms with Gasteiger partial charge >= 0.3 is 0 Å². The van der Waals surface area contributed by atoms with E-state index in [1.807, 2.05) is 0 Å². The molecule has 6 aliphatic carbocycles. The highest BCUT2D eigenvalue weighted by atomic mass is 14.3. The molecule has 520 valence electrons. The first-order chi connectivity index (χ1) is 54.5. The van der Waals surface area contributed by atoms with Crippen molar-refractivity contribution < 1.29 is 0 Å². The Morgan fingerprint density at radius 2 is 0.491 bits per heavy atom. The first kappa shape index (κ1) is 65.3. The summed E-state index contributed by atoms with van der Waals surface area (Å²) in [5, 5.41) is 10.3. The van der Waals surface area contributed by atoms with Gasteiger partial charge in [-0.3, -0.25) is 0 Å². The molecule has 110 heavy (non-hydrogen) atoms. The van der Waals surface area contributed by atoms with Crippen molar-refractivity contribution in [3.05, 3.63) is 452 Å². The van der Waals surface area contributed by atoms with E-state index in [0.29, 0.717) is 0 Å². The Balaban J connectivity index is 0.000000140. The first-order valence-corrected chi connectivity index (χ1v) is 39.7. The highest BCUT2D eigenvalue weighted by molar-refractivity contribution is 6.24. The van der Waals surface area contributed by atoms with E-state index in [4.69, 9.17) is 0 Å². The molecule has 0 saturated heterocycles. The average Bonchev–Trinajstić information content (AvgIpc) is 0.938. The summed E-state index contributed by atoms with van der Waals surface area (Å²) < 4.78 is 0. The molecule has 0 heterocycles. The molecule has 0 atom stereocenters. The van der Waals surface area contributed by atoms with Crippen LogP contribution in [0.15, 0.2) is 352 Å². The molecule has 0 heteroatoms. The van der Waals surface area contributed by atoms with Crippen LogP contribution >= 0.6 is 0 Å². The Kier molecular flexibility index (Phi) is 16.4. The second kappa shape index (κ2) is 27.7. The molecule has 0 unspecified atom stereocenters. The minimum atomic E-state index is 0.961. The summed E-state index contributed by atoms with van der Waals surface area (Å²) in [4.78, 5) is 0. The number of aryl methyl sites for hydroxylation is 4. The van der Waals surface area contributed by atoms with Crippen molar-refractivity contribution in [3.63, 3.8) is 0 Å². The Labute approximate surface area is 645 Å². The van der Waals surface area contributed by atoms with Crippen molar-refractivity contribution in [2.24, 2.45) is 0 Å². The second-order valence-electron chi connectivity index (χ2n) is 30.8. The quantitative estimate of drug-likeness (QED) is 0.120. The van der Waals surface area contributed by atoms with Gasteiger partial charge in [-0.05, 0) is 298 Å². The largest absolute Gasteiger partial charge is 0.0757 e.